The van der Waals surface area contributed by atoms with Gasteiger partial charge in [-0.25, -0.2) is 4.39 Å². The number of likely N-dealkylation sites (tertiary alicyclic amines) is 1. The summed E-state index contributed by atoms with van der Waals surface area (Å²) in [6.07, 6.45) is 2.69. The van der Waals surface area contributed by atoms with Crippen molar-refractivity contribution in [3.05, 3.63) is 29.6 Å². The Kier molecular flexibility index (Phi) is 4.37. The van der Waals surface area contributed by atoms with E-state index in [1.54, 1.807) is 4.90 Å². The van der Waals surface area contributed by atoms with Crippen molar-refractivity contribution in [3.8, 4) is 0 Å². The van der Waals surface area contributed by atoms with Gasteiger partial charge in [-0.3, -0.25) is 4.79 Å². The van der Waals surface area contributed by atoms with Gasteiger partial charge >= 0.3 is 0 Å². The third kappa shape index (κ3) is 3.23. The van der Waals surface area contributed by atoms with E-state index in [-0.39, 0.29) is 18.2 Å². The van der Waals surface area contributed by atoms with E-state index in [0.717, 1.165) is 19.3 Å². The van der Waals surface area contributed by atoms with Gasteiger partial charge in [0.25, 0.3) is 5.91 Å². The molecule has 1 aliphatic rings. The van der Waals surface area contributed by atoms with Gasteiger partial charge in [0, 0.05) is 25.3 Å². The van der Waals surface area contributed by atoms with Crippen molar-refractivity contribution in [1.82, 2.24) is 4.90 Å². The highest BCUT2D eigenvalue weighted by Gasteiger charge is 2.24. The first-order chi connectivity index (χ1) is 9.11. The quantitative estimate of drug-likeness (QED) is 0.817. The molecule has 1 amide bonds. The Balaban J connectivity index is 2.08. The number of aliphatic hydroxyl groups is 1. The number of anilines is 1. The first-order valence-electron chi connectivity index (χ1n) is 6.57. The Bertz CT molecular complexity index is 463. The molecule has 104 valence electrons. The number of halogens is 1. The normalized spacial score (nSPS) is 19.5. The zero-order chi connectivity index (χ0) is 13.8. The van der Waals surface area contributed by atoms with Crippen molar-refractivity contribution in [2.45, 2.75) is 19.3 Å². The van der Waals surface area contributed by atoms with E-state index in [2.05, 4.69) is 0 Å². The minimum atomic E-state index is -0.506. The Hall–Kier alpha value is -1.62. The van der Waals surface area contributed by atoms with Crippen LogP contribution in [0.3, 0.4) is 0 Å². The number of nitrogens with two attached hydrogens (primary N) is 1. The van der Waals surface area contributed by atoms with Crippen LogP contribution in [0.25, 0.3) is 0 Å². The number of carbonyl (C=O) groups is 1. The average molecular weight is 266 g/mol. The standard InChI is InChI=1S/C14H19FN2O2/c15-12-4-3-11(8-13(12)16)14(19)17-6-1-2-10(9-17)5-7-18/h3-4,8,10,18H,1-2,5-7,9,16H2. The van der Waals surface area contributed by atoms with Crippen molar-refractivity contribution < 1.29 is 14.3 Å². The number of amides is 1. The van der Waals surface area contributed by atoms with Gasteiger partial charge in [-0.05, 0) is 43.4 Å². The summed E-state index contributed by atoms with van der Waals surface area (Å²) in [6, 6.07) is 4.06. The molecule has 0 aliphatic carbocycles. The van der Waals surface area contributed by atoms with E-state index in [0.29, 0.717) is 24.6 Å². The maximum Gasteiger partial charge on any atom is 0.253 e. The van der Waals surface area contributed by atoms with Gasteiger partial charge in [0.1, 0.15) is 5.82 Å². The molecule has 0 saturated carbocycles. The molecular formula is C14H19FN2O2. The largest absolute Gasteiger partial charge is 0.396 e. The highest BCUT2D eigenvalue weighted by Crippen LogP contribution is 2.22. The van der Waals surface area contributed by atoms with E-state index in [4.69, 9.17) is 10.8 Å². The fraction of sp³-hybridized carbons (Fsp3) is 0.500. The number of hydrogen-bond acceptors (Lipinski definition) is 3. The second-order valence-electron chi connectivity index (χ2n) is 5.01. The van der Waals surface area contributed by atoms with Crippen molar-refractivity contribution in [3.63, 3.8) is 0 Å². The van der Waals surface area contributed by atoms with Gasteiger partial charge in [0.05, 0.1) is 5.69 Å². The molecule has 1 aromatic carbocycles. The molecule has 0 radical (unpaired) electrons. The molecule has 1 aromatic rings. The predicted octanol–water partition coefficient (Wildman–Crippen LogP) is 1.64. The first-order valence-corrected chi connectivity index (χ1v) is 6.57. The van der Waals surface area contributed by atoms with Crippen LogP contribution in [0.1, 0.15) is 29.6 Å². The molecule has 19 heavy (non-hydrogen) atoms. The molecular weight excluding hydrogens is 247 g/mol. The predicted molar refractivity (Wildman–Crippen MR) is 71.1 cm³/mol. The Morgan fingerprint density at radius 1 is 1.53 bits per heavy atom. The van der Waals surface area contributed by atoms with E-state index in [1.807, 2.05) is 0 Å². The van der Waals surface area contributed by atoms with Crippen LogP contribution in [0.15, 0.2) is 18.2 Å². The third-order valence-electron chi connectivity index (χ3n) is 3.59. The van der Waals surface area contributed by atoms with Crippen LogP contribution in [-0.4, -0.2) is 35.6 Å². The molecule has 1 heterocycles. The second-order valence-corrected chi connectivity index (χ2v) is 5.01. The Labute approximate surface area is 112 Å². The van der Waals surface area contributed by atoms with Crippen LogP contribution < -0.4 is 5.73 Å². The second kappa shape index (κ2) is 6.02. The molecule has 0 aromatic heterocycles. The van der Waals surface area contributed by atoms with E-state index < -0.39 is 5.82 Å². The molecule has 1 unspecified atom stereocenters. The molecule has 3 N–H and O–H groups in total. The van der Waals surface area contributed by atoms with Gasteiger partial charge in [0.2, 0.25) is 0 Å². The maximum atomic E-state index is 13.1. The lowest BCUT2D eigenvalue weighted by Gasteiger charge is -2.32. The Morgan fingerprint density at radius 2 is 2.32 bits per heavy atom. The molecule has 0 bridgehead atoms. The summed E-state index contributed by atoms with van der Waals surface area (Å²) in [5, 5.41) is 8.97. The van der Waals surface area contributed by atoms with E-state index in [1.165, 1.54) is 18.2 Å². The number of benzene rings is 1. The topological polar surface area (TPSA) is 66.6 Å². The summed E-state index contributed by atoms with van der Waals surface area (Å²) in [6.45, 7) is 1.50. The van der Waals surface area contributed by atoms with Crippen molar-refractivity contribution in [2.24, 2.45) is 5.92 Å². The van der Waals surface area contributed by atoms with Gasteiger partial charge in [-0.1, -0.05) is 0 Å². The zero-order valence-corrected chi connectivity index (χ0v) is 10.8. The van der Waals surface area contributed by atoms with Gasteiger partial charge in [-0.15, -0.1) is 0 Å². The molecule has 0 spiro atoms. The lowest BCUT2D eigenvalue weighted by Crippen LogP contribution is -2.40. The summed E-state index contributed by atoms with van der Waals surface area (Å²) in [7, 11) is 0. The average Bonchev–Trinajstić information content (AvgIpc) is 2.42. The third-order valence-corrected chi connectivity index (χ3v) is 3.59. The monoisotopic (exact) mass is 266 g/mol. The molecule has 2 rings (SSSR count). The fourth-order valence-electron chi connectivity index (χ4n) is 2.53. The minimum Gasteiger partial charge on any atom is -0.396 e. The fourth-order valence-corrected chi connectivity index (χ4v) is 2.53. The van der Waals surface area contributed by atoms with Crippen LogP contribution >= 0.6 is 0 Å². The highest BCUT2D eigenvalue weighted by molar-refractivity contribution is 5.95. The molecule has 1 atom stereocenters. The number of aliphatic hydroxyl groups excluding tert-OH is 1. The van der Waals surface area contributed by atoms with E-state index in [9.17, 15) is 9.18 Å². The van der Waals surface area contributed by atoms with Crippen molar-refractivity contribution in [1.29, 1.82) is 0 Å². The van der Waals surface area contributed by atoms with Crippen LogP contribution in [0, 0.1) is 11.7 Å². The van der Waals surface area contributed by atoms with E-state index >= 15 is 0 Å². The number of nitrogen functional groups attached to an aromatic ring is 1. The summed E-state index contributed by atoms with van der Waals surface area (Å²) in [4.78, 5) is 14.1. The first kappa shape index (κ1) is 13.8. The molecule has 1 saturated heterocycles. The number of rotatable bonds is 3. The number of piperidine rings is 1. The summed E-state index contributed by atoms with van der Waals surface area (Å²) in [5.41, 5.74) is 5.90. The van der Waals surface area contributed by atoms with Crippen molar-refractivity contribution >= 4 is 11.6 Å². The number of carbonyl (C=O) groups excluding carboxylic acids is 1. The van der Waals surface area contributed by atoms with Crippen LogP contribution in [-0.2, 0) is 0 Å². The van der Waals surface area contributed by atoms with Crippen LogP contribution in [0.5, 0.6) is 0 Å². The van der Waals surface area contributed by atoms with Crippen molar-refractivity contribution in [2.75, 3.05) is 25.4 Å². The number of nitrogens with zero attached hydrogens (tertiary/aromatic N) is 1. The molecule has 5 heteroatoms. The summed E-state index contributed by atoms with van der Waals surface area (Å²) >= 11 is 0. The molecule has 1 fully saturated rings. The summed E-state index contributed by atoms with van der Waals surface area (Å²) < 4.78 is 13.1. The lowest BCUT2D eigenvalue weighted by molar-refractivity contribution is 0.0653. The van der Waals surface area contributed by atoms with Crippen LogP contribution in [0.4, 0.5) is 10.1 Å². The lowest BCUT2D eigenvalue weighted by atomic mass is 9.94. The van der Waals surface area contributed by atoms with Gasteiger partial charge in [-0.2, -0.15) is 0 Å². The maximum absolute atomic E-state index is 13.1. The molecule has 1 aliphatic heterocycles. The summed E-state index contributed by atoms with van der Waals surface area (Å²) in [5.74, 6) is -0.275. The highest BCUT2D eigenvalue weighted by atomic mass is 19.1. The molecule has 4 nitrogen and oxygen atoms in total. The zero-order valence-electron chi connectivity index (χ0n) is 10.8. The Morgan fingerprint density at radius 3 is 3.00 bits per heavy atom. The SMILES string of the molecule is Nc1cc(C(=O)N2CCCC(CCO)C2)ccc1F. The van der Waals surface area contributed by atoms with Gasteiger partial charge in [0.15, 0.2) is 0 Å². The van der Waals surface area contributed by atoms with Crippen LogP contribution in [0.2, 0.25) is 0 Å². The van der Waals surface area contributed by atoms with Gasteiger partial charge < -0.3 is 15.7 Å². The minimum absolute atomic E-state index is 0.00484. The smallest absolute Gasteiger partial charge is 0.253 e. The number of hydrogen-bond donors (Lipinski definition) is 2.